The average molecular weight is 706 g/mol. The molecule has 4 aromatic heterocycles. The number of benzene rings is 4. The van der Waals surface area contributed by atoms with Crippen LogP contribution in [-0.2, 0) is 13.1 Å². The zero-order chi connectivity index (χ0) is 34.0. The maximum Gasteiger partial charge on any atom is 0.135 e. The lowest BCUT2D eigenvalue weighted by Crippen LogP contribution is -1.99. The molecule has 11 heteroatoms. The smallest absolute Gasteiger partial charge is 0.135 e. The number of halogens is 3. The van der Waals surface area contributed by atoms with Gasteiger partial charge in [-0.15, -0.1) is 0 Å². The summed E-state index contributed by atoms with van der Waals surface area (Å²) in [5.74, 6) is 0.679. The number of fused-ring (bicyclic) bond motifs is 2. The van der Waals surface area contributed by atoms with E-state index >= 15 is 0 Å². The lowest BCUT2D eigenvalue weighted by atomic mass is 10.2. The van der Waals surface area contributed by atoms with E-state index in [0.717, 1.165) is 24.5 Å². The number of anilines is 3. The first-order chi connectivity index (χ1) is 23.9. The second kappa shape index (κ2) is 16.1. The molecule has 0 amide bonds. The molecule has 0 unspecified atom stereocenters. The molecule has 0 spiro atoms. The third-order valence-corrected chi connectivity index (χ3v) is 8.07. The zero-order valence-electron chi connectivity index (χ0n) is 26.2. The number of nitrogens with zero attached hydrogens (tertiary/aromatic N) is 6. The van der Waals surface area contributed by atoms with Gasteiger partial charge in [0.15, 0.2) is 0 Å². The van der Waals surface area contributed by atoms with Crippen LogP contribution < -0.4 is 11.1 Å². The fraction of sp³-hybridized carbons (Fsp3) is 0.0526. The minimum Gasteiger partial charge on any atom is -0.399 e. The van der Waals surface area contributed by atoms with Gasteiger partial charge in [0.1, 0.15) is 33.9 Å². The van der Waals surface area contributed by atoms with Crippen molar-refractivity contribution in [1.82, 2.24) is 29.1 Å². The van der Waals surface area contributed by atoms with Crippen LogP contribution in [0.1, 0.15) is 11.1 Å². The molecule has 0 aliphatic rings. The van der Waals surface area contributed by atoms with Crippen LogP contribution in [0.25, 0.3) is 21.8 Å². The van der Waals surface area contributed by atoms with Gasteiger partial charge in [-0.05, 0) is 70.4 Å². The number of hydrogen-bond donors (Lipinski definition) is 2. The van der Waals surface area contributed by atoms with Gasteiger partial charge in [-0.25, -0.2) is 19.9 Å². The molecule has 0 saturated carbocycles. The highest BCUT2D eigenvalue weighted by Gasteiger charge is 2.04. The summed E-state index contributed by atoms with van der Waals surface area (Å²) in [7, 11) is 0. The van der Waals surface area contributed by atoms with Crippen LogP contribution in [0, 0.1) is 0 Å². The molecule has 0 aliphatic carbocycles. The van der Waals surface area contributed by atoms with Crippen molar-refractivity contribution in [3.63, 3.8) is 0 Å². The van der Waals surface area contributed by atoms with Crippen molar-refractivity contribution in [2.75, 3.05) is 11.1 Å². The molecule has 8 rings (SSSR count). The average Bonchev–Trinajstić information content (AvgIpc) is 3.70. The predicted octanol–water partition coefficient (Wildman–Crippen LogP) is 9.93. The van der Waals surface area contributed by atoms with E-state index in [1.165, 1.54) is 51.7 Å². The molecule has 0 saturated heterocycles. The lowest BCUT2D eigenvalue weighted by Gasteiger charge is -2.09. The quantitative estimate of drug-likeness (QED) is 0.132. The van der Waals surface area contributed by atoms with Crippen molar-refractivity contribution in [3.05, 3.63) is 173 Å². The van der Waals surface area contributed by atoms with Crippen molar-refractivity contribution < 1.29 is 0 Å². The Labute approximate surface area is 298 Å². The first kappa shape index (κ1) is 33.5. The van der Waals surface area contributed by atoms with E-state index in [2.05, 4.69) is 126 Å². The Balaban J connectivity index is 0.000000144. The normalized spacial score (nSPS) is 10.6. The molecule has 0 fully saturated rings. The van der Waals surface area contributed by atoms with E-state index < -0.39 is 0 Å². The summed E-state index contributed by atoms with van der Waals surface area (Å²) in [6, 6.07) is 40.6. The molecule has 4 heterocycles. The number of hydrogen-bond acceptors (Lipinski definition) is 6. The second-order valence-corrected chi connectivity index (χ2v) is 12.1. The molecule has 8 nitrogen and oxygen atoms in total. The first-order valence-corrected chi connectivity index (χ1v) is 16.4. The highest BCUT2D eigenvalue weighted by molar-refractivity contribution is 6.33. The monoisotopic (exact) mass is 704 g/mol. The van der Waals surface area contributed by atoms with Crippen LogP contribution in [-0.4, -0.2) is 29.1 Å². The summed E-state index contributed by atoms with van der Waals surface area (Å²) in [6.45, 7) is 1.67. The van der Waals surface area contributed by atoms with Gasteiger partial charge in [0.2, 0.25) is 0 Å². The number of nitrogens with one attached hydrogen (secondary N) is 1. The van der Waals surface area contributed by atoms with E-state index in [1.54, 1.807) is 6.07 Å². The Kier molecular flexibility index (Phi) is 11.0. The fourth-order valence-corrected chi connectivity index (χ4v) is 5.75. The SMILES string of the molecule is Clc1cc(Cl)ncn1.Clc1cc(Nc2cccc(Cn3ccc4ccccc43)c2)ncn1.Nc1cccc(Cn2ccc3ccccc32)c1. The number of rotatable bonds is 6. The summed E-state index contributed by atoms with van der Waals surface area (Å²) in [6.07, 6.45) is 6.99. The van der Waals surface area contributed by atoms with E-state index in [-0.39, 0.29) is 0 Å². The Morgan fingerprint density at radius 1 is 0.531 bits per heavy atom. The predicted molar refractivity (Wildman–Crippen MR) is 202 cm³/mol. The Morgan fingerprint density at radius 2 is 1.06 bits per heavy atom. The third-order valence-electron chi connectivity index (χ3n) is 7.45. The van der Waals surface area contributed by atoms with Gasteiger partial charge >= 0.3 is 0 Å². The molecule has 49 heavy (non-hydrogen) atoms. The highest BCUT2D eigenvalue weighted by Crippen LogP contribution is 2.21. The molecule has 0 aliphatic heterocycles. The Hall–Kier alpha value is -5.41. The summed E-state index contributed by atoms with van der Waals surface area (Å²) in [4.78, 5) is 15.3. The van der Waals surface area contributed by atoms with Gasteiger partial charge in [-0.1, -0.05) is 95.5 Å². The minimum absolute atomic E-state index is 0.366. The van der Waals surface area contributed by atoms with Crippen LogP contribution in [0.4, 0.5) is 17.2 Å². The van der Waals surface area contributed by atoms with Crippen LogP contribution in [0.5, 0.6) is 0 Å². The number of aromatic nitrogens is 6. The van der Waals surface area contributed by atoms with Crippen LogP contribution in [0.3, 0.4) is 0 Å². The van der Waals surface area contributed by atoms with Gasteiger partial charge in [0.25, 0.3) is 0 Å². The molecule has 0 radical (unpaired) electrons. The Morgan fingerprint density at radius 3 is 1.61 bits per heavy atom. The highest BCUT2D eigenvalue weighted by atomic mass is 35.5. The van der Waals surface area contributed by atoms with Crippen molar-refractivity contribution in [1.29, 1.82) is 0 Å². The maximum atomic E-state index is 5.90. The molecule has 244 valence electrons. The maximum absolute atomic E-state index is 5.90. The summed E-state index contributed by atoms with van der Waals surface area (Å²) in [5.41, 5.74) is 12.5. The largest absolute Gasteiger partial charge is 0.399 e. The fourth-order valence-electron chi connectivity index (χ4n) is 5.25. The van der Waals surface area contributed by atoms with Crippen molar-refractivity contribution in [2.24, 2.45) is 0 Å². The Bertz CT molecular complexity index is 2280. The number of para-hydroxylation sites is 2. The van der Waals surface area contributed by atoms with Gasteiger partial charge < -0.3 is 20.2 Å². The van der Waals surface area contributed by atoms with Crippen LogP contribution >= 0.6 is 34.8 Å². The summed E-state index contributed by atoms with van der Waals surface area (Å²) >= 11 is 16.7. The zero-order valence-corrected chi connectivity index (χ0v) is 28.4. The molecule has 4 aromatic carbocycles. The number of nitrogen functional groups attached to an aromatic ring is 1. The van der Waals surface area contributed by atoms with E-state index in [0.29, 0.717) is 21.3 Å². The molecular formula is C38H31Cl3N8. The van der Waals surface area contributed by atoms with Gasteiger partial charge in [0, 0.05) is 60.0 Å². The van der Waals surface area contributed by atoms with Crippen LogP contribution in [0.15, 0.2) is 146 Å². The van der Waals surface area contributed by atoms with Crippen molar-refractivity contribution in [3.8, 4) is 0 Å². The third kappa shape index (κ3) is 9.36. The minimum atomic E-state index is 0.366. The van der Waals surface area contributed by atoms with Gasteiger partial charge in [-0.3, -0.25) is 0 Å². The van der Waals surface area contributed by atoms with Crippen molar-refractivity contribution in [2.45, 2.75) is 13.1 Å². The molecule has 8 aromatic rings. The molecule has 3 N–H and O–H groups in total. The second-order valence-electron chi connectivity index (χ2n) is 11.0. The standard InChI is InChI=1S/C19H15ClN4.C15H14N2.C4H2Cl2N2/c20-18-11-19(22-13-21-18)23-16-6-3-4-14(10-16)12-24-9-8-15-5-1-2-7-17(15)24;16-14-6-3-4-12(10-14)11-17-9-8-13-5-1-2-7-15(13)17;5-3-1-4(6)8-2-7-3/h1-11,13H,12H2,(H,21,22,23);1-10H,11,16H2;1-2H. The summed E-state index contributed by atoms with van der Waals surface area (Å²) < 4.78 is 4.49. The summed E-state index contributed by atoms with van der Waals surface area (Å²) in [5, 5.41) is 6.93. The van der Waals surface area contributed by atoms with E-state index in [4.69, 9.17) is 40.5 Å². The topological polar surface area (TPSA) is 99.5 Å². The molecule has 0 atom stereocenters. The first-order valence-electron chi connectivity index (χ1n) is 15.3. The molecule has 0 bridgehead atoms. The van der Waals surface area contributed by atoms with E-state index in [1.807, 2.05) is 30.3 Å². The van der Waals surface area contributed by atoms with E-state index in [9.17, 15) is 0 Å². The molecular weight excluding hydrogens is 675 g/mol. The van der Waals surface area contributed by atoms with Crippen LogP contribution in [0.2, 0.25) is 15.5 Å². The lowest BCUT2D eigenvalue weighted by molar-refractivity contribution is 0.837. The van der Waals surface area contributed by atoms with Gasteiger partial charge in [-0.2, -0.15) is 0 Å². The van der Waals surface area contributed by atoms with Gasteiger partial charge in [0.05, 0.1) is 0 Å². The van der Waals surface area contributed by atoms with Crippen molar-refractivity contribution >= 4 is 73.8 Å². The number of nitrogens with two attached hydrogens (primary N) is 1.